The van der Waals surface area contributed by atoms with Gasteiger partial charge < -0.3 is 15.1 Å². The van der Waals surface area contributed by atoms with Gasteiger partial charge in [0, 0.05) is 31.1 Å². The Bertz CT molecular complexity index is 557. The standard InChI is InChI=1S/C16H22N2O2/c1-18(9-5-2-6-10-19)16-14(12-20)11-13-7-3-4-8-15(13)17-16/h3-4,7-8,11,19-20H,2,5-6,9-10,12H2,1H3. The van der Waals surface area contributed by atoms with Crippen molar-refractivity contribution in [3.05, 3.63) is 35.9 Å². The minimum atomic E-state index is -0.00581. The highest BCUT2D eigenvalue weighted by atomic mass is 16.3. The van der Waals surface area contributed by atoms with Crippen molar-refractivity contribution < 1.29 is 10.2 Å². The summed E-state index contributed by atoms with van der Waals surface area (Å²) >= 11 is 0. The highest BCUT2D eigenvalue weighted by Gasteiger charge is 2.10. The zero-order valence-electron chi connectivity index (χ0n) is 11.9. The molecule has 0 unspecified atom stereocenters. The number of fused-ring (bicyclic) bond motifs is 1. The van der Waals surface area contributed by atoms with Crippen molar-refractivity contribution in [3.8, 4) is 0 Å². The molecule has 0 aliphatic heterocycles. The lowest BCUT2D eigenvalue weighted by Gasteiger charge is -2.21. The van der Waals surface area contributed by atoms with Crippen molar-refractivity contribution in [3.63, 3.8) is 0 Å². The zero-order chi connectivity index (χ0) is 14.4. The highest BCUT2D eigenvalue weighted by molar-refractivity contribution is 5.81. The summed E-state index contributed by atoms with van der Waals surface area (Å²) in [6.07, 6.45) is 2.85. The lowest BCUT2D eigenvalue weighted by atomic mass is 10.1. The molecule has 2 aromatic rings. The number of rotatable bonds is 7. The molecule has 0 aliphatic rings. The molecule has 0 fully saturated rings. The molecule has 0 atom stereocenters. The van der Waals surface area contributed by atoms with Gasteiger partial charge in [-0.25, -0.2) is 4.98 Å². The summed E-state index contributed by atoms with van der Waals surface area (Å²) in [5, 5.41) is 19.4. The van der Waals surface area contributed by atoms with Crippen LogP contribution in [0.2, 0.25) is 0 Å². The van der Waals surface area contributed by atoms with Crippen LogP contribution in [0.5, 0.6) is 0 Å². The number of anilines is 1. The summed E-state index contributed by atoms with van der Waals surface area (Å²) in [5.41, 5.74) is 1.80. The SMILES string of the molecule is CN(CCCCCO)c1nc2ccccc2cc1CO. The Balaban J connectivity index is 2.18. The molecule has 0 saturated heterocycles. The number of unbranched alkanes of at least 4 members (excludes halogenated alkanes) is 2. The van der Waals surface area contributed by atoms with Crippen molar-refractivity contribution in [1.82, 2.24) is 4.98 Å². The molecule has 4 nitrogen and oxygen atoms in total. The van der Waals surface area contributed by atoms with Gasteiger partial charge in [-0.1, -0.05) is 18.2 Å². The maximum Gasteiger partial charge on any atom is 0.134 e. The van der Waals surface area contributed by atoms with Gasteiger partial charge in [0.2, 0.25) is 0 Å². The molecule has 4 heteroatoms. The number of benzene rings is 1. The zero-order valence-corrected chi connectivity index (χ0v) is 11.9. The van der Waals surface area contributed by atoms with E-state index in [2.05, 4.69) is 9.88 Å². The number of aromatic nitrogens is 1. The number of nitrogens with zero attached hydrogens (tertiary/aromatic N) is 2. The van der Waals surface area contributed by atoms with E-state index >= 15 is 0 Å². The molecule has 1 aromatic carbocycles. The summed E-state index contributed by atoms with van der Waals surface area (Å²) in [4.78, 5) is 6.74. The van der Waals surface area contributed by atoms with Gasteiger partial charge in [0.15, 0.2) is 0 Å². The van der Waals surface area contributed by atoms with E-state index in [1.807, 2.05) is 37.4 Å². The number of hydrogen-bond acceptors (Lipinski definition) is 4. The van der Waals surface area contributed by atoms with Gasteiger partial charge in [0.25, 0.3) is 0 Å². The molecule has 108 valence electrons. The van der Waals surface area contributed by atoms with Crippen LogP contribution in [0, 0.1) is 0 Å². The predicted molar refractivity (Wildman–Crippen MR) is 81.9 cm³/mol. The molecule has 2 rings (SSSR count). The molecule has 0 aliphatic carbocycles. The predicted octanol–water partition coefficient (Wildman–Crippen LogP) is 2.33. The fourth-order valence-corrected chi connectivity index (χ4v) is 2.34. The van der Waals surface area contributed by atoms with Crippen molar-refractivity contribution in [2.45, 2.75) is 25.9 Å². The Hall–Kier alpha value is -1.65. The topological polar surface area (TPSA) is 56.6 Å². The first-order chi connectivity index (χ1) is 9.76. The van der Waals surface area contributed by atoms with Gasteiger partial charge in [0.1, 0.15) is 5.82 Å². The molecule has 1 heterocycles. The van der Waals surface area contributed by atoms with E-state index < -0.39 is 0 Å². The molecule has 0 spiro atoms. The van der Waals surface area contributed by atoms with Gasteiger partial charge in [-0.05, 0) is 31.4 Å². The summed E-state index contributed by atoms with van der Waals surface area (Å²) in [6.45, 7) is 1.12. The van der Waals surface area contributed by atoms with E-state index in [1.165, 1.54) is 0 Å². The van der Waals surface area contributed by atoms with Crippen LogP contribution < -0.4 is 4.90 Å². The lowest BCUT2D eigenvalue weighted by Crippen LogP contribution is -2.21. The van der Waals surface area contributed by atoms with Gasteiger partial charge in [0.05, 0.1) is 12.1 Å². The molecular formula is C16H22N2O2. The minimum absolute atomic E-state index is 0.00581. The summed E-state index contributed by atoms with van der Waals surface area (Å²) in [7, 11) is 2.00. The van der Waals surface area contributed by atoms with Crippen LogP contribution in [0.25, 0.3) is 10.9 Å². The Morgan fingerprint density at radius 2 is 1.90 bits per heavy atom. The first kappa shape index (κ1) is 14.8. The van der Waals surface area contributed by atoms with Crippen molar-refractivity contribution in [1.29, 1.82) is 0 Å². The van der Waals surface area contributed by atoms with E-state index in [-0.39, 0.29) is 13.2 Å². The maximum absolute atomic E-state index is 9.54. The third-order valence-electron chi connectivity index (χ3n) is 3.46. The van der Waals surface area contributed by atoms with E-state index in [0.717, 1.165) is 48.1 Å². The van der Waals surface area contributed by atoms with Crippen molar-refractivity contribution in [2.75, 3.05) is 25.1 Å². The summed E-state index contributed by atoms with van der Waals surface area (Å²) in [6, 6.07) is 9.94. The van der Waals surface area contributed by atoms with Gasteiger partial charge >= 0.3 is 0 Å². The first-order valence-electron chi connectivity index (χ1n) is 7.07. The molecule has 0 radical (unpaired) electrons. The maximum atomic E-state index is 9.54. The fourth-order valence-electron chi connectivity index (χ4n) is 2.34. The minimum Gasteiger partial charge on any atom is -0.396 e. The molecule has 2 N–H and O–H groups in total. The van der Waals surface area contributed by atoms with E-state index in [9.17, 15) is 5.11 Å². The first-order valence-corrected chi connectivity index (χ1v) is 7.07. The van der Waals surface area contributed by atoms with Gasteiger partial charge in [-0.3, -0.25) is 0 Å². The van der Waals surface area contributed by atoms with Crippen LogP contribution >= 0.6 is 0 Å². The number of pyridine rings is 1. The number of aliphatic hydroxyl groups excluding tert-OH is 2. The molecule has 0 bridgehead atoms. The van der Waals surface area contributed by atoms with E-state index in [4.69, 9.17) is 5.11 Å². The van der Waals surface area contributed by atoms with Crippen LogP contribution in [0.15, 0.2) is 30.3 Å². The van der Waals surface area contributed by atoms with Crippen LogP contribution in [0.3, 0.4) is 0 Å². The third-order valence-corrected chi connectivity index (χ3v) is 3.46. The third kappa shape index (κ3) is 3.46. The molecular weight excluding hydrogens is 252 g/mol. The van der Waals surface area contributed by atoms with Crippen molar-refractivity contribution in [2.24, 2.45) is 0 Å². The Morgan fingerprint density at radius 1 is 1.10 bits per heavy atom. The summed E-state index contributed by atoms with van der Waals surface area (Å²) < 4.78 is 0. The second-order valence-electron chi connectivity index (χ2n) is 5.03. The Labute approximate surface area is 119 Å². The smallest absolute Gasteiger partial charge is 0.134 e. The Kier molecular flexibility index (Phi) is 5.32. The fraction of sp³-hybridized carbons (Fsp3) is 0.438. The van der Waals surface area contributed by atoms with Crippen LogP contribution in [0.4, 0.5) is 5.82 Å². The van der Waals surface area contributed by atoms with E-state index in [0.29, 0.717) is 0 Å². The van der Waals surface area contributed by atoms with Crippen LogP contribution in [0.1, 0.15) is 24.8 Å². The van der Waals surface area contributed by atoms with E-state index in [1.54, 1.807) is 0 Å². The number of para-hydroxylation sites is 1. The molecule has 20 heavy (non-hydrogen) atoms. The van der Waals surface area contributed by atoms with Crippen LogP contribution in [-0.2, 0) is 6.61 Å². The second-order valence-corrected chi connectivity index (χ2v) is 5.03. The van der Waals surface area contributed by atoms with Crippen LogP contribution in [-0.4, -0.2) is 35.4 Å². The average Bonchev–Trinajstić information content (AvgIpc) is 2.50. The molecule has 1 aromatic heterocycles. The van der Waals surface area contributed by atoms with Crippen molar-refractivity contribution >= 4 is 16.7 Å². The largest absolute Gasteiger partial charge is 0.396 e. The van der Waals surface area contributed by atoms with Gasteiger partial charge in [-0.2, -0.15) is 0 Å². The highest BCUT2D eigenvalue weighted by Crippen LogP contribution is 2.23. The summed E-state index contributed by atoms with van der Waals surface area (Å²) in [5.74, 6) is 0.843. The molecule has 0 saturated carbocycles. The quantitative estimate of drug-likeness (QED) is 0.761. The second kappa shape index (κ2) is 7.22. The number of hydrogen-bond donors (Lipinski definition) is 2. The number of aliphatic hydroxyl groups is 2. The lowest BCUT2D eigenvalue weighted by molar-refractivity contribution is 0.281. The Morgan fingerprint density at radius 3 is 2.65 bits per heavy atom. The average molecular weight is 274 g/mol. The normalized spacial score (nSPS) is 10.9. The molecule has 0 amide bonds. The van der Waals surface area contributed by atoms with Gasteiger partial charge in [-0.15, -0.1) is 0 Å². The monoisotopic (exact) mass is 274 g/mol.